The number of amides is 1. The number of aryl methyl sites for hydroxylation is 1. The third-order valence-corrected chi connectivity index (χ3v) is 7.16. The van der Waals surface area contributed by atoms with Gasteiger partial charge in [0.05, 0.1) is 0 Å². The third-order valence-electron chi connectivity index (χ3n) is 7.16. The molecule has 0 spiro atoms. The van der Waals surface area contributed by atoms with Gasteiger partial charge in [0.2, 0.25) is 0 Å². The maximum Gasteiger partial charge on any atom is 0.349 e. The van der Waals surface area contributed by atoms with Gasteiger partial charge in [-0.2, -0.15) is 5.26 Å². The van der Waals surface area contributed by atoms with E-state index in [-0.39, 0.29) is 17.5 Å². The Morgan fingerprint density at radius 3 is 2.65 bits per heavy atom. The van der Waals surface area contributed by atoms with Gasteiger partial charge in [0.1, 0.15) is 11.6 Å². The van der Waals surface area contributed by atoms with Crippen LogP contribution < -0.4 is 5.32 Å². The summed E-state index contributed by atoms with van der Waals surface area (Å²) >= 11 is 0. The zero-order chi connectivity index (χ0) is 22.7. The van der Waals surface area contributed by atoms with E-state index >= 15 is 0 Å². The van der Waals surface area contributed by atoms with Crippen molar-refractivity contribution in [1.82, 2.24) is 9.88 Å². The Hall–Kier alpha value is -2.55. The SMILES string of the molecule is CCCn1c(C)cc(/C=C(\C#N)C(=O)O[C@H](C)C(=O)N[C@H](C)[C@@H]2C[C@H]3CC[C@H]2C3)c1C. The van der Waals surface area contributed by atoms with E-state index in [2.05, 4.69) is 16.8 Å². The van der Waals surface area contributed by atoms with E-state index in [1.807, 2.05) is 32.9 Å². The largest absolute Gasteiger partial charge is 0.448 e. The standard InChI is InChI=1S/C25H35N3O3/c1-6-9-28-15(2)10-21(17(28)4)13-22(14-26)25(30)31-18(5)24(29)27-16(3)23-12-19-7-8-20(23)11-19/h10,13,16,18-20,23H,6-9,11-12H2,1-5H3,(H,27,29)/b22-13+/t16-,18-,19+,20+,23+/m1/s1. The average Bonchev–Trinajstić information content (AvgIpc) is 3.43. The Kier molecular flexibility index (Phi) is 7.25. The molecule has 1 heterocycles. The van der Waals surface area contributed by atoms with Gasteiger partial charge in [0.25, 0.3) is 5.91 Å². The number of carbonyl (C=O) groups is 2. The minimum atomic E-state index is -0.946. The fourth-order valence-electron chi connectivity index (χ4n) is 5.47. The number of carbonyl (C=O) groups excluding carboxylic acids is 2. The summed E-state index contributed by atoms with van der Waals surface area (Å²) in [6.07, 6.45) is 6.65. The van der Waals surface area contributed by atoms with E-state index in [0.717, 1.165) is 35.8 Å². The summed E-state index contributed by atoms with van der Waals surface area (Å²) in [6, 6.07) is 3.96. The number of rotatable bonds is 8. The molecule has 2 aliphatic rings. The Morgan fingerprint density at radius 2 is 2.06 bits per heavy atom. The average molecular weight is 426 g/mol. The fraction of sp³-hybridized carbons (Fsp3) is 0.640. The lowest BCUT2D eigenvalue weighted by molar-refractivity contribution is -0.151. The monoisotopic (exact) mass is 425 g/mol. The Bertz CT molecular complexity index is 908. The predicted molar refractivity (Wildman–Crippen MR) is 120 cm³/mol. The van der Waals surface area contributed by atoms with E-state index < -0.39 is 12.1 Å². The molecule has 6 nitrogen and oxygen atoms in total. The quantitative estimate of drug-likeness (QED) is 0.382. The zero-order valence-corrected chi connectivity index (χ0v) is 19.4. The molecule has 2 aliphatic carbocycles. The van der Waals surface area contributed by atoms with Crippen molar-refractivity contribution in [2.24, 2.45) is 17.8 Å². The van der Waals surface area contributed by atoms with Crippen molar-refractivity contribution < 1.29 is 14.3 Å². The number of nitrogens with one attached hydrogen (secondary N) is 1. The molecule has 1 aromatic rings. The normalized spacial score (nSPS) is 24.5. The minimum Gasteiger partial charge on any atom is -0.448 e. The number of esters is 1. The third kappa shape index (κ3) is 5.03. The molecule has 2 bridgehead atoms. The van der Waals surface area contributed by atoms with E-state index in [9.17, 15) is 14.9 Å². The molecule has 0 aromatic carbocycles. The van der Waals surface area contributed by atoms with Crippen LogP contribution in [0.3, 0.4) is 0 Å². The molecule has 1 N–H and O–H groups in total. The molecular weight excluding hydrogens is 390 g/mol. The molecule has 0 saturated heterocycles. The predicted octanol–water partition coefficient (Wildman–Crippen LogP) is 4.29. The summed E-state index contributed by atoms with van der Waals surface area (Å²) in [5, 5.41) is 12.5. The molecule has 5 atom stereocenters. The second kappa shape index (κ2) is 9.72. The summed E-state index contributed by atoms with van der Waals surface area (Å²) in [6.45, 7) is 10.6. The first kappa shape index (κ1) is 23.1. The highest BCUT2D eigenvalue weighted by atomic mass is 16.5. The van der Waals surface area contributed by atoms with Gasteiger partial charge in [0, 0.05) is 24.0 Å². The molecule has 6 heteroatoms. The van der Waals surface area contributed by atoms with Crippen LogP contribution in [-0.2, 0) is 20.9 Å². The second-order valence-electron chi connectivity index (χ2n) is 9.33. The van der Waals surface area contributed by atoms with Crippen LogP contribution in [0.1, 0.15) is 69.8 Å². The van der Waals surface area contributed by atoms with Gasteiger partial charge < -0.3 is 14.6 Å². The van der Waals surface area contributed by atoms with Crippen LogP contribution in [0.5, 0.6) is 0 Å². The van der Waals surface area contributed by atoms with Crippen molar-refractivity contribution >= 4 is 18.0 Å². The lowest BCUT2D eigenvalue weighted by Crippen LogP contribution is -2.45. The summed E-state index contributed by atoms with van der Waals surface area (Å²) in [4.78, 5) is 25.2. The summed E-state index contributed by atoms with van der Waals surface area (Å²) < 4.78 is 7.50. The number of hydrogen-bond donors (Lipinski definition) is 1. The van der Waals surface area contributed by atoms with Crippen molar-refractivity contribution in [2.75, 3.05) is 0 Å². The lowest BCUT2D eigenvalue weighted by Gasteiger charge is -2.29. The topological polar surface area (TPSA) is 84.1 Å². The lowest BCUT2D eigenvalue weighted by atomic mass is 9.84. The first-order chi connectivity index (χ1) is 14.7. The second-order valence-corrected chi connectivity index (χ2v) is 9.33. The number of fused-ring (bicyclic) bond motifs is 2. The van der Waals surface area contributed by atoms with Gasteiger partial charge in [-0.05, 0) is 88.8 Å². The molecule has 0 aliphatic heterocycles. The Balaban J connectivity index is 1.61. The molecule has 3 rings (SSSR count). The van der Waals surface area contributed by atoms with Gasteiger partial charge in [0.15, 0.2) is 6.10 Å². The molecule has 0 unspecified atom stereocenters. The van der Waals surface area contributed by atoms with E-state index in [4.69, 9.17) is 4.74 Å². The zero-order valence-electron chi connectivity index (χ0n) is 19.4. The molecule has 168 valence electrons. The fourth-order valence-corrected chi connectivity index (χ4v) is 5.47. The van der Waals surface area contributed by atoms with Crippen LogP contribution >= 0.6 is 0 Å². The number of ether oxygens (including phenoxy) is 1. The number of nitriles is 1. The van der Waals surface area contributed by atoms with Crippen molar-refractivity contribution in [3.8, 4) is 6.07 Å². The highest BCUT2D eigenvalue weighted by Crippen LogP contribution is 2.49. The maximum absolute atomic E-state index is 12.6. The molecule has 31 heavy (non-hydrogen) atoms. The molecule has 2 fully saturated rings. The Morgan fingerprint density at radius 1 is 1.32 bits per heavy atom. The molecule has 1 amide bonds. The van der Waals surface area contributed by atoms with Crippen LogP contribution in [0.15, 0.2) is 11.6 Å². The summed E-state index contributed by atoms with van der Waals surface area (Å²) in [7, 11) is 0. The first-order valence-corrected chi connectivity index (χ1v) is 11.5. The van der Waals surface area contributed by atoms with Crippen molar-refractivity contribution in [1.29, 1.82) is 5.26 Å². The number of nitrogens with zero attached hydrogens (tertiary/aromatic N) is 2. The maximum atomic E-state index is 12.6. The van der Waals surface area contributed by atoms with Crippen LogP contribution in [0.2, 0.25) is 0 Å². The van der Waals surface area contributed by atoms with Crippen LogP contribution in [0.4, 0.5) is 0 Å². The highest BCUT2D eigenvalue weighted by molar-refractivity contribution is 5.99. The van der Waals surface area contributed by atoms with E-state index in [0.29, 0.717) is 11.8 Å². The van der Waals surface area contributed by atoms with Gasteiger partial charge >= 0.3 is 5.97 Å². The van der Waals surface area contributed by atoms with Gasteiger partial charge in [-0.15, -0.1) is 0 Å². The van der Waals surface area contributed by atoms with Crippen molar-refractivity contribution in [2.45, 2.75) is 85.4 Å². The summed E-state index contributed by atoms with van der Waals surface area (Å²) in [5.74, 6) is 0.962. The van der Waals surface area contributed by atoms with Crippen molar-refractivity contribution in [3.63, 3.8) is 0 Å². The van der Waals surface area contributed by atoms with Crippen LogP contribution in [0, 0.1) is 42.9 Å². The smallest absolute Gasteiger partial charge is 0.349 e. The molecular formula is C25H35N3O3. The van der Waals surface area contributed by atoms with E-state index in [1.165, 1.54) is 25.7 Å². The summed E-state index contributed by atoms with van der Waals surface area (Å²) in [5.41, 5.74) is 2.81. The van der Waals surface area contributed by atoms with Crippen LogP contribution in [0.25, 0.3) is 6.08 Å². The number of hydrogen-bond acceptors (Lipinski definition) is 4. The molecule has 0 radical (unpaired) electrons. The van der Waals surface area contributed by atoms with Crippen LogP contribution in [-0.4, -0.2) is 28.6 Å². The first-order valence-electron chi connectivity index (χ1n) is 11.5. The van der Waals surface area contributed by atoms with Gasteiger partial charge in [-0.1, -0.05) is 13.3 Å². The minimum absolute atomic E-state index is 0.0684. The Labute approximate surface area is 185 Å². The molecule has 1 aromatic heterocycles. The van der Waals surface area contributed by atoms with E-state index in [1.54, 1.807) is 13.0 Å². The molecule has 2 saturated carbocycles. The van der Waals surface area contributed by atoms with Crippen molar-refractivity contribution in [3.05, 3.63) is 28.6 Å². The van der Waals surface area contributed by atoms with Gasteiger partial charge in [-0.25, -0.2) is 4.79 Å². The highest BCUT2D eigenvalue weighted by Gasteiger charge is 2.42. The number of aromatic nitrogens is 1. The van der Waals surface area contributed by atoms with Gasteiger partial charge in [-0.3, -0.25) is 4.79 Å².